The van der Waals surface area contributed by atoms with Crippen LogP contribution in [-0.2, 0) is 29.1 Å². The summed E-state index contributed by atoms with van der Waals surface area (Å²) < 4.78 is 7.07. The minimum atomic E-state index is 0. The molecule has 29 heavy (non-hydrogen) atoms. The lowest BCUT2D eigenvalue weighted by Gasteiger charge is -2.25. The number of halogens is 1. The Kier molecular flexibility index (Phi) is 10.1. The van der Waals surface area contributed by atoms with Gasteiger partial charge in [0.1, 0.15) is 12.4 Å². The van der Waals surface area contributed by atoms with Crippen LogP contribution in [-0.4, -0.2) is 58.9 Å². The van der Waals surface area contributed by atoms with Crippen LogP contribution in [0.25, 0.3) is 0 Å². The van der Waals surface area contributed by atoms with Crippen molar-refractivity contribution < 1.29 is 9.53 Å². The lowest BCUT2D eigenvalue weighted by atomic mass is 10.1. The normalized spacial score (nSPS) is 19.4. The summed E-state index contributed by atoms with van der Waals surface area (Å²) in [6.07, 6.45) is 6.92. The maximum atomic E-state index is 12.1. The van der Waals surface area contributed by atoms with E-state index in [1.54, 1.807) is 7.11 Å². The van der Waals surface area contributed by atoms with Crippen molar-refractivity contribution in [3.63, 3.8) is 0 Å². The summed E-state index contributed by atoms with van der Waals surface area (Å²) in [5.74, 6) is 2.59. The van der Waals surface area contributed by atoms with Crippen LogP contribution in [0.5, 0.6) is 0 Å². The Balaban J connectivity index is 0.00000300. The van der Waals surface area contributed by atoms with Gasteiger partial charge in [0.25, 0.3) is 0 Å². The van der Waals surface area contributed by atoms with E-state index in [2.05, 4.69) is 31.0 Å². The summed E-state index contributed by atoms with van der Waals surface area (Å²) in [6, 6.07) is 0.597. The zero-order chi connectivity index (χ0) is 19.8. The predicted octanol–water partition coefficient (Wildman–Crippen LogP) is 1.36. The number of nitrogens with zero attached hydrogens (tertiary/aromatic N) is 4. The number of rotatable bonds is 8. The highest BCUT2D eigenvalue weighted by atomic mass is 127. The first-order chi connectivity index (χ1) is 13.7. The van der Waals surface area contributed by atoms with E-state index in [-0.39, 0.29) is 35.9 Å². The number of hydrogen-bond donors (Lipinski definition) is 3. The minimum Gasteiger partial charge on any atom is -0.377 e. The number of fused-ring (bicyclic) bond motifs is 1. The fourth-order valence-corrected chi connectivity index (χ4v) is 3.82. The van der Waals surface area contributed by atoms with Crippen molar-refractivity contribution in [2.45, 2.75) is 77.1 Å². The maximum Gasteiger partial charge on any atom is 0.222 e. The van der Waals surface area contributed by atoms with E-state index >= 15 is 0 Å². The Morgan fingerprint density at radius 2 is 2.03 bits per heavy atom. The number of aromatic nitrogens is 3. The number of carbonyl (C=O) groups excluding carboxylic acids is 1. The molecule has 1 aliphatic heterocycles. The molecule has 3 N–H and O–H groups in total. The van der Waals surface area contributed by atoms with Crippen LogP contribution in [0.15, 0.2) is 4.99 Å². The first-order valence-corrected chi connectivity index (χ1v) is 10.4. The third-order valence-corrected chi connectivity index (χ3v) is 5.19. The van der Waals surface area contributed by atoms with E-state index < -0.39 is 0 Å². The molecule has 2 aliphatic rings. The zero-order valence-electron chi connectivity index (χ0n) is 17.4. The number of methoxy groups -OCH3 is 1. The van der Waals surface area contributed by atoms with Crippen molar-refractivity contribution in [3.8, 4) is 0 Å². The van der Waals surface area contributed by atoms with Crippen LogP contribution in [0.4, 0.5) is 0 Å². The van der Waals surface area contributed by atoms with E-state index in [0.29, 0.717) is 25.6 Å². The summed E-state index contributed by atoms with van der Waals surface area (Å²) in [5, 5.41) is 14.4. The number of hydrogen-bond acceptors (Lipinski definition) is 5. The third kappa shape index (κ3) is 7.40. The molecule has 1 aromatic heterocycles. The summed E-state index contributed by atoms with van der Waals surface area (Å²) in [7, 11) is 1.65. The second kappa shape index (κ2) is 12.3. The van der Waals surface area contributed by atoms with Gasteiger partial charge in [0.2, 0.25) is 5.91 Å². The van der Waals surface area contributed by atoms with Gasteiger partial charge in [-0.3, -0.25) is 9.79 Å². The SMILES string of the molecule is CCNC(=NCCC(=O)NC1CCCC1)NC1CCc2nc(COC)nn2C1.I. The molecule has 1 unspecified atom stereocenters. The van der Waals surface area contributed by atoms with Gasteiger partial charge in [-0.15, -0.1) is 24.0 Å². The van der Waals surface area contributed by atoms with Gasteiger partial charge in [0, 0.05) is 38.6 Å². The van der Waals surface area contributed by atoms with Gasteiger partial charge in [0.05, 0.1) is 13.1 Å². The number of nitrogens with one attached hydrogen (secondary N) is 3. The van der Waals surface area contributed by atoms with Gasteiger partial charge in [0.15, 0.2) is 11.8 Å². The fraction of sp³-hybridized carbons (Fsp3) is 0.789. The van der Waals surface area contributed by atoms with Crippen LogP contribution < -0.4 is 16.0 Å². The van der Waals surface area contributed by atoms with E-state index in [1.807, 2.05) is 11.6 Å². The van der Waals surface area contributed by atoms with Crippen LogP contribution in [0.1, 0.15) is 57.1 Å². The first kappa shape index (κ1) is 23.8. The molecule has 164 valence electrons. The molecule has 3 rings (SSSR count). The molecule has 0 saturated heterocycles. The number of carbonyl (C=O) groups is 1. The van der Waals surface area contributed by atoms with Crippen molar-refractivity contribution >= 4 is 35.8 Å². The highest BCUT2D eigenvalue weighted by molar-refractivity contribution is 14.0. The molecule has 0 spiro atoms. The van der Waals surface area contributed by atoms with Crippen molar-refractivity contribution in [3.05, 3.63) is 11.6 Å². The molecule has 0 aromatic carbocycles. The molecule has 0 radical (unpaired) electrons. The molecule has 1 aliphatic carbocycles. The Hall–Kier alpha value is -1.43. The molecule has 1 amide bonds. The average molecular weight is 519 g/mol. The lowest BCUT2D eigenvalue weighted by molar-refractivity contribution is -0.121. The van der Waals surface area contributed by atoms with Crippen molar-refractivity contribution in [2.24, 2.45) is 4.99 Å². The third-order valence-electron chi connectivity index (χ3n) is 5.19. The Morgan fingerprint density at radius 3 is 2.76 bits per heavy atom. The lowest BCUT2D eigenvalue weighted by Crippen LogP contribution is -2.47. The van der Waals surface area contributed by atoms with Crippen molar-refractivity contribution in [2.75, 3.05) is 20.2 Å². The van der Waals surface area contributed by atoms with Gasteiger partial charge in [-0.2, -0.15) is 5.10 Å². The van der Waals surface area contributed by atoms with Gasteiger partial charge >= 0.3 is 0 Å². The van der Waals surface area contributed by atoms with E-state index in [9.17, 15) is 4.79 Å². The molecule has 2 heterocycles. The highest BCUT2D eigenvalue weighted by Crippen LogP contribution is 2.17. The summed E-state index contributed by atoms with van der Waals surface area (Å²) in [6.45, 7) is 4.48. The Labute approximate surface area is 189 Å². The zero-order valence-corrected chi connectivity index (χ0v) is 19.8. The van der Waals surface area contributed by atoms with Crippen molar-refractivity contribution in [1.82, 2.24) is 30.7 Å². The summed E-state index contributed by atoms with van der Waals surface area (Å²) >= 11 is 0. The molecule has 9 nitrogen and oxygen atoms in total. The van der Waals surface area contributed by atoms with Crippen LogP contribution in [0.3, 0.4) is 0 Å². The quantitative estimate of drug-likeness (QED) is 0.272. The number of amides is 1. The van der Waals surface area contributed by atoms with Gasteiger partial charge in [-0.25, -0.2) is 9.67 Å². The van der Waals surface area contributed by atoms with E-state index in [0.717, 1.165) is 56.4 Å². The monoisotopic (exact) mass is 519 g/mol. The average Bonchev–Trinajstić information content (AvgIpc) is 3.31. The molecule has 0 bridgehead atoms. The second-order valence-electron chi connectivity index (χ2n) is 7.50. The Morgan fingerprint density at radius 1 is 1.24 bits per heavy atom. The standard InChI is InChI=1S/C19H33N7O2.HI/c1-3-20-19(21-11-10-18(27)22-14-6-4-5-7-14)23-15-8-9-17-24-16(13-28-2)25-26(17)12-15;/h14-15H,3-13H2,1-2H3,(H,22,27)(H2,20,21,23);1H. The van der Waals surface area contributed by atoms with Gasteiger partial charge in [-0.05, 0) is 26.2 Å². The number of ether oxygens (including phenoxy) is 1. The molecule has 1 atom stereocenters. The molecule has 10 heteroatoms. The van der Waals surface area contributed by atoms with E-state index in [4.69, 9.17) is 4.74 Å². The summed E-state index contributed by atoms with van der Waals surface area (Å²) in [4.78, 5) is 21.2. The van der Waals surface area contributed by atoms with Crippen LogP contribution >= 0.6 is 24.0 Å². The fourth-order valence-electron chi connectivity index (χ4n) is 3.82. The number of aryl methyl sites for hydroxylation is 1. The summed E-state index contributed by atoms with van der Waals surface area (Å²) in [5.41, 5.74) is 0. The minimum absolute atomic E-state index is 0. The smallest absolute Gasteiger partial charge is 0.222 e. The number of aliphatic imine (C=N–C) groups is 1. The predicted molar refractivity (Wildman–Crippen MR) is 122 cm³/mol. The second-order valence-corrected chi connectivity index (χ2v) is 7.50. The Bertz CT molecular complexity index is 674. The maximum absolute atomic E-state index is 12.1. The molecular formula is C19H34IN7O2. The molecule has 1 saturated carbocycles. The van der Waals surface area contributed by atoms with Crippen LogP contribution in [0, 0.1) is 0 Å². The van der Waals surface area contributed by atoms with Crippen LogP contribution in [0.2, 0.25) is 0 Å². The first-order valence-electron chi connectivity index (χ1n) is 10.4. The highest BCUT2D eigenvalue weighted by Gasteiger charge is 2.22. The molecule has 1 aromatic rings. The largest absolute Gasteiger partial charge is 0.377 e. The van der Waals surface area contributed by atoms with Gasteiger partial charge in [-0.1, -0.05) is 12.8 Å². The van der Waals surface area contributed by atoms with Gasteiger partial charge < -0.3 is 20.7 Å². The van der Waals surface area contributed by atoms with E-state index in [1.165, 1.54) is 12.8 Å². The molecular weight excluding hydrogens is 485 g/mol. The van der Waals surface area contributed by atoms with Crippen molar-refractivity contribution in [1.29, 1.82) is 0 Å². The molecule has 1 fully saturated rings. The number of guanidine groups is 1. The topological polar surface area (TPSA) is 105 Å².